The van der Waals surface area contributed by atoms with Crippen LogP contribution in [0.5, 0.6) is 0 Å². The zero-order chi connectivity index (χ0) is 19.9. The van der Waals surface area contributed by atoms with Gasteiger partial charge in [0.25, 0.3) is 5.91 Å². The molecule has 0 spiro atoms. The number of likely N-dealkylation sites (N-methyl/N-ethyl adjacent to an activating group) is 1. The number of hydrazone groups is 1. The van der Waals surface area contributed by atoms with Gasteiger partial charge in [0, 0.05) is 37.6 Å². The molecule has 2 amide bonds. The second kappa shape index (κ2) is 9.01. The molecule has 1 aromatic carbocycles. The molecule has 0 aliphatic rings. The monoisotopic (exact) mass is 389 g/mol. The van der Waals surface area contributed by atoms with E-state index < -0.39 is 22.5 Å². The van der Waals surface area contributed by atoms with Crippen molar-refractivity contribution < 1.29 is 18.0 Å². The van der Waals surface area contributed by atoms with Crippen LogP contribution in [-0.2, 0) is 19.6 Å². The highest BCUT2D eigenvalue weighted by molar-refractivity contribution is 7.89. The first-order valence-electron chi connectivity index (χ1n) is 7.85. The minimum Gasteiger partial charge on any atom is -0.326 e. The molecule has 0 saturated carbocycles. The third-order valence-corrected chi connectivity index (χ3v) is 5.15. The summed E-state index contributed by atoms with van der Waals surface area (Å²) in [4.78, 5) is 26.8. The normalized spacial score (nSPS) is 11.5. The van der Waals surface area contributed by atoms with Crippen LogP contribution in [0.15, 0.2) is 58.8 Å². The number of aromatic nitrogens is 1. The van der Waals surface area contributed by atoms with E-state index in [1.807, 2.05) is 0 Å². The van der Waals surface area contributed by atoms with E-state index in [2.05, 4.69) is 20.8 Å². The van der Waals surface area contributed by atoms with Crippen molar-refractivity contribution in [3.05, 3.63) is 54.4 Å². The minimum absolute atomic E-state index is 0.00534. The number of rotatable bonds is 7. The number of nitrogens with zero attached hydrogens (tertiary/aromatic N) is 3. The molecule has 2 N–H and O–H groups in total. The van der Waals surface area contributed by atoms with Gasteiger partial charge >= 0.3 is 0 Å². The van der Waals surface area contributed by atoms with Crippen LogP contribution in [0.25, 0.3) is 0 Å². The van der Waals surface area contributed by atoms with Crippen LogP contribution >= 0.6 is 0 Å². The van der Waals surface area contributed by atoms with E-state index in [1.165, 1.54) is 44.5 Å². The number of carbonyl (C=O) groups is 2. The van der Waals surface area contributed by atoms with E-state index >= 15 is 0 Å². The van der Waals surface area contributed by atoms with Gasteiger partial charge in [-0.25, -0.2) is 13.8 Å². The molecular formula is C17H19N5O4S. The average Bonchev–Trinajstić information content (AvgIpc) is 2.62. The van der Waals surface area contributed by atoms with Gasteiger partial charge in [0.1, 0.15) is 0 Å². The summed E-state index contributed by atoms with van der Waals surface area (Å²) in [6.07, 6.45) is 4.58. The van der Waals surface area contributed by atoms with Crippen molar-refractivity contribution in [2.45, 2.75) is 11.8 Å². The Hall–Kier alpha value is -3.11. The van der Waals surface area contributed by atoms with Crippen LogP contribution in [0.2, 0.25) is 0 Å². The van der Waals surface area contributed by atoms with Crippen molar-refractivity contribution in [1.82, 2.24) is 14.7 Å². The smallest absolute Gasteiger partial charge is 0.255 e. The number of amides is 2. The molecule has 1 heterocycles. The Balaban J connectivity index is 1.96. The third-order valence-electron chi connectivity index (χ3n) is 3.34. The number of anilines is 1. The largest absolute Gasteiger partial charge is 0.326 e. The molecule has 2 rings (SSSR count). The van der Waals surface area contributed by atoms with Gasteiger partial charge in [0.2, 0.25) is 15.9 Å². The lowest BCUT2D eigenvalue weighted by Crippen LogP contribution is -2.36. The summed E-state index contributed by atoms with van der Waals surface area (Å²) in [5.74, 6) is -0.845. The van der Waals surface area contributed by atoms with Crippen molar-refractivity contribution in [2.24, 2.45) is 5.10 Å². The second-order valence-electron chi connectivity index (χ2n) is 5.55. The third kappa shape index (κ3) is 5.97. The molecule has 10 heteroatoms. The summed E-state index contributed by atoms with van der Waals surface area (Å²) in [7, 11) is -2.57. The number of carbonyl (C=O) groups excluding carboxylic acids is 2. The number of hydrogen-bond donors (Lipinski definition) is 2. The van der Waals surface area contributed by atoms with Crippen LogP contribution in [0.1, 0.15) is 12.5 Å². The van der Waals surface area contributed by atoms with Crippen molar-refractivity contribution in [2.75, 3.05) is 18.9 Å². The minimum atomic E-state index is -3.86. The van der Waals surface area contributed by atoms with E-state index in [0.29, 0.717) is 11.3 Å². The van der Waals surface area contributed by atoms with Crippen molar-refractivity contribution >= 4 is 33.7 Å². The summed E-state index contributed by atoms with van der Waals surface area (Å²) in [6.45, 7) is 0.952. The van der Waals surface area contributed by atoms with Gasteiger partial charge in [0.05, 0.1) is 17.7 Å². The zero-order valence-corrected chi connectivity index (χ0v) is 15.6. The first kappa shape index (κ1) is 20.2. The molecule has 0 unspecified atom stereocenters. The van der Waals surface area contributed by atoms with Gasteiger partial charge in [-0.3, -0.25) is 14.6 Å². The molecule has 9 nitrogen and oxygen atoms in total. The molecule has 2 aromatic rings. The lowest BCUT2D eigenvalue weighted by molar-refractivity contribution is -0.121. The Morgan fingerprint density at radius 1 is 1.22 bits per heavy atom. The summed E-state index contributed by atoms with van der Waals surface area (Å²) >= 11 is 0. The summed E-state index contributed by atoms with van der Waals surface area (Å²) in [5, 5.41) is 6.31. The highest BCUT2D eigenvalue weighted by Crippen LogP contribution is 2.17. The van der Waals surface area contributed by atoms with Crippen LogP contribution in [0.4, 0.5) is 5.69 Å². The lowest BCUT2D eigenvalue weighted by atomic mass is 10.3. The lowest BCUT2D eigenvalue weighted by Gasteiger charge is -2.16. The fourth-order valence-corrected chi connectivity index (χ4v) is 3.17. The van der Waals surface area contributed by atoms with Gasteiger partial charge in [-0.15, -0.1) is 0 Å². The topological polar surface area (TPSA) is 121 Å². The SMILES string of the molecule is CC(=O)Nc1ccc(S(=O)(=O)N(C)CC(=O)N/N=C\c2cccnc2)cc1. The van der Waals surface area contributed by atoms with E-state index in [1.54, 1.807) is 24.5 Å². The Bertz CT molecular complexity index is 928. The highest BCUT2D eigenvalue weighted by Gasteiger charge is 2.22. The predicted molar refractivity (Wildman–Crippen MR) is 101 cm³/mol. The molecule has 0 radical (unpaired) electrons. The standard InChI is InChI=1S/C17H19N5O4S/c1-13(23)20-15-5-7-16(8-6-15)27(25,26)22(2)12-17(24)21-19-11-14-4-3-9-18-10-14/h3-11H,12H2,1-2H3,(H,20,23)(H,21,24)/b19-11-. The Labute approximate surface area is 157 Å². The summed E-state index contributed by atoms with van der Waals surface area (Å²) < 4.78 is 25.9. The van der Waals surface area contributed by atoms with Crippen molar-refractivity contribution in [3.8, 4) is 0 Å². The van der Waals surface area contributed by atoms with Crippen LogP contribution in [0.3, 0.4) is 0 Å². The number of nitrogens with one attached hydrogen (secondary N) is 2. The van der Waals surface area contributed by atoms with Crippen LogP contribution < -0.4 is 10.7 Å². The van der Waals surface area contributed by atoms with Gasteiger partial charge in [-0.05, 0) is 30.3 Å². The van der Waals surface area contributed by atoms with Crippen LogP contribution in [-0.4, -0.2) is 49.3 Å². The fraction of sp³-hybridized carbons (Fsp3) is 0.176. The van der Waals surface area contributed by atoms with E-state index in [9.17, 15) is 18.0 Å². The molecule has 0 fully saturated rings. The number of hydrogen-bond acceptors (Lipinski definition) is 6. The Morgan fingerprint density at radius 3 is 2.52 bits per heavy atom. The van der Waals surface area contributed by atoms with Crippen molar-refractivity contribution in [3.63, 3.8) is 0 Å². The molecule has 0 saturated heterocycles. The predicted octanol–water partition coefficient (Wildman–Crippen LogP) is 0.811. The highest BCUT2D eigenvalue weighted by atomic mass is 32.2. The number of pyridine rings is 1. The van der Waals surface area contributed by atoms with Crippen LogP contribution in [0, 0.1) is 0 Å². The molecular weight excluding hydrogens is 370 g/mol. The number of benzene rings is 1. The molecule has 0 bridgehead atoms. The molecule has 0 aliphatic heterocycles. The second-order valence-corrected chi connectivity index (χ2v) is 7.59. The van der Waals surface area contributed by atoms with Gasteiger partial charge in [0.15, 0.2) is 0 Å². The maximum Gasteiger partial charge on any atom is 0.255 e. The molecule has 0 aliphatic carbocycles. The maximum atomic E-state index is 12.5. The fourth-order valence-electron chi connectivity index (χ4n) is 2.05. The van der Waals surface area contributed by atoms with Crippen molar-refractivity contribution in [1.29, 1.82) is 0 Å². The van der Waals surface area contributed by atoms with E-state index in [4.69, 9.17) is 0 Å². The molecule has 142 valence electrons. The van der Waals surface area contributed by atoms with Gasteiger partial charge in [-0.1, -0.05) is 6.07 Å². The first-order chi connectivity index (χ1) is 12.8. The molecule has 0 atom stereocenters. The Morgan fingerprint density at radius 2 is 1.93 bits per heavy atom. The van der Waals surface area contributed by atoms with E-state index in [0.717, 1.165) is 4.31 Å². The van der Waals surface area contributed by atoms with Gasteiger partial charge in [-0.2, -0.15) is 9.41 Å². The average molecular weight is 389 g/mol. The first-order valence-corrected chi connectivity index (χ1v) is 9.29. The quantitative estimate of drug-likeness (QED) is 0.536. The maximum absolute atomic E-state index is 12.5. The molecule has 1 aromatic heterocycles. The molecule has 27 heavy (non-hydrogen) atoms. The Kier molecular flexibility index (Phi) is 6.74. The summed E-state index contributed by atoms with van der Waals surface area (Å²) in [6, 6.07) is 9.14. The summed E-state index contributed by atoms with van der Waals surface area (Å²) in [5.41, 5.74) is 3.44. The van der Waals surface area contributed by atoms with E-state index in [-0.39, 0.29) is 10.8 Å². The number of sulfonamides is 1. The van der Waals surface area contributed by atoms with Gasteiger partial charge < -0.3 is 5.32 Å². The zero-order valence-electron chi connectivity index (χ0n) is 14.8.